The van der Waals surface area contributed by atoms with Gasteiger partial charge in [-0.25, -0.2) is 0 Å². The maximum Gasteiger partial charge on any atom is 0.226 e. The number of hydrogen-bond donors (Lipinski definition) is 2. The topological polar surface area (TPSA) is 73.6 Å². The van der Waals surface area contributed by atoms with Gasteiger partial charge < -0.3 is 20.5 Å². The molecule has 112 valence electrons. The van der Waals surface area contributed by atoms with E-state index in [-0.39, 0.29) is 12.3 Å². The van der Waals surface area contributed by atoms with Gasteiger partial charge in [0, 0.05) is 11.6 Å². The van der Waals surface area contributed by atoms with Crippen LogP contribution in [0.5, 0.6) is 0 Å². The first-order valence-electron chi connectivity index (χ1n) is 6.64. The molecule has 1 aromatic carbocycles. The Labute approximate surface area is 124 Å². The number of benzene rings is 1. The number of anilines is 2. The van der Waals surface area contributed by atoms with E-state index in [1.54, 1.807) is 18.2 Å². The second-order valence-electron chi connectivity index (χ2n) is 4.25. The fraction of sp³-hybridized carbons (Fsp3) is 0.500. The van der Waals surface area contributed by atoms with Gasteiger partial charge in [0.1, 0.15) is 0 Å². The standard InChI is InChI=1S/C14H21ClN2O3/c1-2-6-19-8-9-20-7-5-14(18)17-13-10-11(15)3-4-12(13)16/h3-4,10H,2,5-9,16H2,1H3,(H,17,18). The molecule has 0 heterocycles. The summed E-state index contributed by atoms with van der Waals surface area (Å²) in [5, 5.41) is 3.23. The van der Waals surface area contributed by atoms with Crippen LogP contribution in [0, 0.1) is 0 Å². The summed E-state index contributed by atoms with van der Waals surface area (Å²) in [5.74, 6) is -0.159. The molecule has 0 radical (unpaired) electrons. The van der Waals surface area contributed by atoms with Crippen molar-refractivity contribution < 1.29 is 14.3 Å². The van der Waals surface area contributed by atoms with E-state index in [2.05, 4.69) is 5.32 Å². The lowest BCUT2D eigenvalue weighted by Crippen LogP contribution is -2.16. The Kier molecular flexibility index (Phi) is 8.02. The third-order valence-electron chi connectivity index (χ3n) is 2.48. The van der Waals surface area contributed by atoms with E-state index in [9.17, 15) is 4.79 Å². The van der Waals surface area contributed by atoms with Gasteiger partial charge in [0.15, 0.2) is 0 Å². The molecule has 3 N–H and O–H groups in total. The fourth-order valence-corrected chi connectivity index (χ4v) is 1.65. The number of carbonyl (C=O) groups excluding carboxylic acids is 1. The number of rotatable bonds is 9. The molecule has 1 aromatic rings. The second-order valence-corrected chi connectivity index (χ2v) is 4.69. The first-order valence-corrected chi connectivity index (χ1v) is 7.01. The summed E-state index contributed by atoms with van der Waals surface area (Å²) in [4.78, 5) is 11.7. The maximum atomic E-state index is 11.7. The number of halogens is 1. The Morgan fingerprint density at radius 2 is 1.95 bits per heavy atom. The molecule has 0 aliphatic heterocycles. The van der Waals surface area contributed by atoms with Gasteiger partial charge in [-0.1, -0.05) is 18.5 Å². The van der Waals surface area contributed by atoms with Gasteiger partial charge in [0.05, 0.1) is 37.6 Å². The van der Waals surface area contributed by atoms with Crippen molar-refractivity contribution in [3.63, 3.8) is 0 Å². The Morgan fingerprint density at radius 1 is 1.25 bits per heavy atom. The zero-order valence-electron chi connectivity index (χ0n) is 11.7. The van der Waals surface area contributed by atoms with Crippen molar-refractivity contribution in [3.05, 3.63) is 23.2 Å². The summed E-state index contributed by atoms with van der Waals surface area (Å²) in [7, 11) is 0. The largest absolute Gasteiger partial charge is 0.397 e. The van der Waals surface area contributed by atoms with E-state index >= 15 is 0 Å². The SMILES string of the molecule is CCCOCCOCCC(=O)Nc1cc(Cl)ccc1N. The van der Waals surface area contributed by atoms with Crippen molar-refractivity contribution in [1.82, 2.24) is 0 Å². The van der Waals surface area contributed by atoms with Crippen molar-refractivity contribution >= 4 is 28.9 Å². The van der Waals surface area contributed by atoms with E-state index in [0.717, 1.165) is 13.0 Å². The zero-order chi connectivity index (χ0) is 14.8. The Balaban J connectivity index is 2.19. The van der Waals surface area contributed by atoms with Gasteiger partial charge in [0.2, 0.25) is 5.91 Å². The summed E-state index contributed by atoms with van der Waals surface area (Å²) in [6.45, 7) is 4.18. The highest BCUT2D eigenvalue weighted by Crippen LogP contribution is 2.22. The average molecular weight is 301 g/mol. The molecular weight excluding hydrogens is 280 g/mol. The third-order valence-corrected chi connectivity index (χ3v) is 2.72. The number of amides is 1. The summed E-state index contributed by atoms with van der Waals surface area (Å²) < 4.78 is 10.6. The lowest BCUT2D eigenvalue weighted by Gasteiger charge is -2.09. The second kappa shape index (κ2) is 9.58. The molecule has 1 amide bonds. The molecule has 6 heteroatoms. The van der Waals surface area contributed by atoms with Gasteiger partial charge in [-0.15, -0.1) is 0 Å². The number of hydrogen-bond acceptors (Lipinski definition) is 4. The summed E-state index contributed by atoms with van der Waals surface area (Å²) in [5.41, 5.74) is 6.74. The molecule has 0 saturated carbocycles. The van der Waals surface area contributed by atoms with Crippen molar-refractivity contribution in [3.8, 4) is 0 Å². The van der Waals surface area contributed by atoms with Crippen molar-refractivity contribution in [2.45, 2.75) is 19.8 Å². The highest BCUT2D eigenvalue weighted by molar-refractivity contribution is 6.31. The van der Waals surface area contributed by atoms with Crippen LogP contribution in [0.2, 0.25) is 5.02 Å². The quantitative estimate of drug-likeness (QED) is 0.543. The summed E-state index contributed by atoms with van der Waals surface area (Å²) >= 11 is 5.84. The van der Waals surface area contributed by atoms with Gasteiger partial charge in [-0.3, -0.25) is 4.79 Å². The average Bonchev–Trinajstić information content (AvgIpc) is 2.42. The van der Waals surface area contributed by atoms with Gasteiger partial charge in [-0.05, 0) is 24.6 Å². The number of ether oxygens (including phenoxy) is 2. The van der Waals surface area contributed by atoms with Gasteiger partial charge in [-0.2, -0.15) is 0 Å². The maximum absolute atomic E-state index is 11.7. The minimum Gasteiger partial charge on any atom is -0.397 e. The smallest absolute Gasteiger partial charge is 0.226 e. The van der Waals surface area contributed by atoms with Gasteiger partial charge in [0.25, 0.3) is 0 Å². The highest BCUT2D eigenvalue weighted by Gasteiger charge is 2.06. The lowest BCUT2D eigenvalue weighted by atomic mass is 10.2. The van der Waals surface area contributed by atoms with E-state index in [4.69, 9.17) is 26.8 Å². The van der Waals surface area contributed by atoms with Crippen LogP contribution >= 0.6 is 11.6 Å². The molecule has 1 rings (SSSR count). The molecule has 0 fully saturated rings. The van der Waals surface area contributed by atoms with E-state index in [0.29, 0.717) is 36.2 Å². The minimum absolute atomic E-state index is 0.159. The molecule has 0 aromatic heterocycles. The molecular formula is C14H21ClN2O3. The van der Waals surface area contributed by atoms with Crippen molar-refractivity contribution in [2.75, 3.05) is 37.5 Å². The predicted octanol–water partition coefficient (Wildman–Crippen LogP) is 2.69. The summed E-state index contributed by atoms with van der Waals surface area (Å²) in [6.07, 6.45) is 1.25. The zero-order valence-corrected chi connectivity index (χ0v) is 12.4. The third kappa shape index (κ3) is 6.75. The molecule has 0 unspecified atom stereocenters. The van der Waals surface area contributed by atoms with E-state index < -0.39 is 0 Å². The molecule has 0 saturated heterocycles. The van der Waals surface area contributed by atoms with Crippen LogP contribution in [-0.4, -0.2) is 32.3 Å². The van der Waals surface area contributed by atoms with Crippen LogP contribution in [0.25, 0.3) is 0 Å². The monoisotopic (exact) mass is 300 g/mol. The van der Waals surface area contributed by atoms with Crippen molar-refractivity contribution in [2.24, 2.45) is 0 Å². The Bertz CT molecular complexity index is 427. The van der Waals surface area contributed by atoms with Crippen LogP contribution in [0.1, 0.15) is 19.8 Å². The number of carbonyl (C=O) groups is 1. The first-order chi connectivity index (χ1) is 9.63. The molecule has 0 aliphatic carbocycles. The lowest BCUT2D eigenvalue weighted by molar-refractivity contribution is -0.117. The molecule has 0 bridgehead atoms. The first kappa shape index (κ1) is 16.8. The van der Waals surface area contributed by atoms with Crippen LogP contribution in [0.15, 0.2) is 18.2 Å². The number of nitrogen functional groups attached to an aromatic ring is 1. The van der Waals surface area contributed by atoms with Crippen molar-refractivity contribution in [1.29, 1.82) is 0 Å². The molecule has 5 nitrogen and oxygen atoms in total. The highest BCUT2D eigenvalue weighted by atomic mass is 35.5. The number of nitrogens with one attached hydrogen (secondary N) is 1. The Morgan fingerprint density at radius 3 is 2.65 bits per heavy atom. The number of nitrogens with two attached hydrogens (primary N) is 1. The van der Waals surface area contributed by atoms with Crippen LogP contribution in [-0.2, 0) is 14.3 Å². The normalized spacial score (nSPS) is 10.5. The summed E-state index contributed by atoms with van der Waals surface area (Å²) in [6, 6.07) is 4.94. The minimum atomic E-state index is -0.159. The van der Waals surface area contributed by atoms with Crippen LogP contribution in [0.3, 0.4) is 0 Å². The molecule has 0 aliphatic rings. The molecule has 0 atom stereocenters. The molecule has 0 spiro atoms. The van der Waals surface area contributed by atoms with Gasteiger partial charge >= 0.3 is 0 Å². The van der Waals surface area contributed by atoms with E-state index in [1.165, 1.54) is 0 Å². The van der Waals surface area contributed by atoms with E-state index in [1.807, 2.05) is 6.92 Å². The fourth-order valence-electron chi connectivity index (χ4n) is 1.48. The van der Waals surface area contributed by atoms with Crippen LogP contribution in [0.4, 0.5) is 11.4 Å². The molecule has 20 heavy (non-hydrogen) atoms. The van der Waals surface area contributed by atoms with Crippen LogP contribution < -0.4 is 11.1 Å². The predicted molar refractivity (Wildman–Crippen MR) is 81.0 cm³/mol. The Hall–Kier alpha value is -1.30.